The summed E-state index contributed by atoms with van der Waals surface area (Å²) in [7, 11) is -3.32. The molecule has 2 rings (SSSR count). The first kappa shape index (κ1) is 19.0. The van der Waals surface area contributed by atoms with Crippen molar-refractivity contribution in [3.8, 4) is 0 Å². The largest absolute Gasteiger partial charge is 0.394 e. The number of hydrogen-bond donors (Lipinski definition) is 2. The second kappa shape index (κ2) is 7.72. The minimum Gasteiger partial charge on any atom is -0.394 e. The molecule has 24 heavy (non-hydrogen) atoms. The first-order chi connectivity index (χ1) is 11.3. The van der Waals surface area contributed by atoms with Gasteiger partial charge in [0.05, 0.1) is 34.7 Å². The van der Waals surface area contributed by atoms with Crippen molar-refractivity contribution >= 4 is 33.2 Å². The third-order valence-electron chi connectivity index (χ3n) is 4.15. The van der Waals surface area contributed by atoms with Crippen LogP contribution in [0, 0.1) is 5.92 Å². The maximum Gasteiger partial charge on any atom is 0.253 e. The van der Waals surface area contributed by atoms with E-state index >= 15 is 0 Å². The van der Waals surface area contributed by atoms with Crippen LogP contribution < -0.4 is 9.62 Å². The Labute approximate surface area is 147 Å². The van der Waals surface area contributed by atoms with Gasteiger partial charge in [0.25, 0.3) is 5.91 Å². The first-order valence-electron chi connectivity index (χ1n) is 7.98. The zero-order chi connectivity index (χ0) is 17.9. The molecule has 0 unspecified atom stereocenters. The van der Waals surface area contributed by atoms with Crippen LogP contribution in [0.25, 0.3) is 0 Å². The number of nitrogens with one attached hydrogen (secondary N) is 1. The van der Waals surface area contributed by atoms with Gasteiger partial charge in [-0.2, -0.15) is 0 Å². The Hall–Kier alpha value is -1.31. The summed E-state index contributed by atoms with van der Waals surface area (Å²) >= 11 is 6.20. The van der Waals surface area contributed by atoms with Gasteiger partial charge >= 0.3 is 0 Å². The predicted molar refractivity (Wildman–Crippen MR) is 95.0 cm³/mol. The van der Waals surface area contributed by atoms with Gasteiger partial charge in [0.1, 0.15) is 0 Å². The maximum atomic E-state index is 12.3. The van der Waals surface area contributed by atoms with E-state index in [2.05, 4.69) is 5.32 Å². The number of aliphatic hydroxyl groups excluding tert-OH is 1. The van der Waals surface area contributed by atoms with Crippen LogP contribution >= 0.6 is 11.6 Å². The lowest BCUT2D eigenvalue weighted by Crippen LogP contribution is -2.41. The normalized spacial score (nSPS) is 18.5. The molecule has 0 spiro atoms. The highest BCUT2D eigenvalue weighted by atomic mass is 35.5. The van der Waals surface area contributed by atoms with E-state index in [4.69, 9.17) is 11.6 Å². The molecule has 1 fully saturated rings. The lowest BCUT2D eigenvalue weighted by atomic mass is 10.0. The van der Waals surface area contributed by atoms with Gasteiger partial charge in [-0.05, 0) is 37.0 Å². The Morgan fingerprint density at radius 1 is 1.38 bits per heavy atom. The van der Waals surface area contributed by atoms with E-state index in [1.165, 1.54) is 16.4 Å². The molecule has 1 amide bonds. The topological polar surface area (TPSA) is 86.7 Å². The Morgan fingerprint density at radius 2 is 2.08 bits per heavy atom. The number of nitrogens with zero attached hydrogens (tertiary/aromatic N) is 1. The summed E-state index contributed by atoms with van der Waals surface area (Å²) < 4.78 is 25.6. The lowest BCUT2D eigenvalue weighted by molar-refractivity contribution is 0.0897. The minimum atomic E-state index is -3.32. The minimum absolute atomic E-state index is 0.0792. The number of sulfonamides is 1. The number of rotatable bonds is 5. The number of carbonyl (C=O) groups excluding carboxylic acids is 1. The average molecular weight is 375 g/mol. The Balaban J connectivity index is 2.22. The van der Waals surface area contributed by atoms with E-state index in [0.29, 0.717) is 18.7 Å². The summed E-state index contributed by atoms with van der Waals surface area (Å²) in [6.45, 7) is 4.05. The highest BCUT2D eigenvalue weighted by Gasteiger charge is 2.27. The summed E-state index contributed by atoms with van der Waals surface area (Å²) in [5.41, 5.74) is 0.729. The fraction of sp³-hybridized carbons (Fsp3) is 0.562. The molecule has 8 heteroatoms. The molecule has 2 N–H and O–H groups in total. The second-order valence-electron chi connectivity index (χ2n) is 6.27. The second-order valence-corrected chi connectivity index (χ2v) is 8.69. The molecule has 0 aliphatic carbocycles. The summed E-state index contributed by atoms with van der Waals surface area (Å²) in [6, 6.07) is 4.25. The van der Waals surface area contributed by atoms with Crippen molar-refractivity contribution in [1.82, 2.24) is 5.32 Å². The van der Waals surface area contributed by atoms with Crippen LogP contribution in [0.1, 0.15) is 37.0 Å². The van der Waals surface area contributed by atoms with E-state index in [1.807, 2.05) is 13.8 Å². The molecule has 0 bridgehead atoms. The van der Waals surface area contributed by atoms with Gasteiger partial charge in [0, 0.05) is 6.54 Å². The lowest BCUT2D eigenvalue weighted by Gasteiger charge is -2.28. The number of halogens is 1. The van der Waals surface area contributed by atoms with Crippen LogP contribution in [0.15, 0.2) is 18.2 Å². The highest BCUT2D eigenvalue weighted by Crippen LogP contribution is 2.28. The van der Waals surface area contributed by atoms with E-state index in [9.17, 15) is 18.3 Å². The Bertz CT molecular complexity index is 706. The molecule has 1 aliphatic heterocycles. The molecule has 1 heterocycles. The van der Waals surface area contributed by atoms with Gasteiger partial charge in [-0.15, -0.1) is 0 Å². The smallest absolute Gasteiger partial charge is 0.253 e. The maximum absolute atomic E-state index is 12.3. The van der Waals surface area contributed by atoms with Crippen molar-refractivity contribution in [2.75, 3.05) is 23.2 Å². The molecule has 1 aromatic rings. The average Bonchev–Trinajstić information content (AvgIpc) is 2.51. The van der Waals surface area contributed by atoms with E-state index in [1.54, 1.807) is 6.07 Å². The van der Waals surface area contributed by atoms with Crippen molar-refractivity contribution < 1.29 is 18.3 Å². The van der Waals surface area contributed by atoms with Crippen molar-refractivity contribution in [3.05, 3.63) is 28.8 Å². The number of anilines is 1. The molecule has 0 saturated carbocycles. The molecular formula is C16H23ClN2O4S. The fourth-order valence-electron chi connectivity index (χ4n) is 2.59. The molecule has 0 radical (unpaired) electrons. The van der Waals surface area contributed by atoms with Crippen molar-refractivity contribution in [2.45, 2.75) is 32.7 Å². The van der Waals surface area contributed by atoms with Crippen molar-refractivity contribution in [1.29, 1.82) is 0 Å². The zero-order valence-electron chi connectivity index (χ0n) is 13.8. The van der Waals surface area contributed by atoms with Crippen LogP contribution in [0.5, 0.6) is 0 Å². The number of benzene rings is 1. The third-order valence-corrected chi connectivity index (χ3v) is 6.33. The first-order valence-corrected chi connectivity index (χ1v) is 9.96. The van der Waals surface area contributed by atoms with E-state index in [-0.39, 0.29) is 40.8 Å². The fourth-order valence-corrected chi connectivity index (χ4v) is 4.48. The summed E-state index contributed by atoms with van der Waals surface area (Å²) in [4.78, 5) is 12.3. The number of hydrogen-bond acceptors (Lipinski definition) is 4. The summed E-state index contributed by atoms with van der Waals surface area (Å²) in [5, 5.41) is 12.2. The standard InChI is InChI=1S/C16H23ClN2O4S/c1-11(2)15(10-20)18-16(21)13-6-5-12(9-14(13)17)19-7-3-4-8-24(19,22)23/h5-6,9,11,15,20H,3-4,7-8,10H2,1-2H3,(H,18,21)/t15-/m1/s1. The molecule has 1 atom stereocenters. The monoisotopic (exact) mass is 374 g/mol. The highest BCUT2D eigenvalue weighted by molar-refractivity contribution is 7.92. The number of aliphatic hydroxyl groups is 1. The molecule has 1 aliphatic rings. The SMILES string of the molecule is CC(C)[C@@H](CO)NC(=O)c1ccc(N2CCCCS2(=O)=O)cc1Cl. The quantitative estimate of drug-likeness (QED) is 0.825. The van der Waals surface area contributed by atoms with Crippen LogP contribution in [-0.2, 0) is 10.0 Å². The molecule has 6 nitrogen and oxygen atoms in total. The van der Waals surface area contributed by atoms with Gasteiger partial charge in [-0.25, -0.2) is 8.42 Å². The van der Waals surface area contributed by atoms with Crippen LogP contribution in [0.2, 0.25) is 5.02 Å². The van der Waals surface area contributed by atoms with Crippen molar-refractivity contribution in [3.63, 3.8) is 0 Å². The van der Waals surface area contributed by atoms with Gasteiger partial charge in [-0.1, -0.05) is 25.4 Å². The van der Waals surface area contributed by atoms with Crippen LogP contribution in [-0.4, -0.2) is 44.4 Å². The molecule has 1 saturated heterocycles. The number of amides is 1. The van der Waals surface area contributed by atoms with E-state index in [0.717, 1.165) is 6.42 Å². The predicted octanol–water partition coefficient (Wildman–Crippen LogP) is 2.02. The summed E-state index contributed by atoms with van der Waals surface area (Å²) in [5.74, 6) is -0.185. The molecule has 0 aromatic heterocycles. The van der Waals surface area contributed by atoms with Crippen LogP contribution in [0.3, 0.4) is 0 Å². The van der Waals surface area contributed by atoms with Gasteiger partial charge < -0.3 is 10.4 Å². The van der Waals surface area contributed by atoms with Crippen molar-refractivity contribution in [2.24, 2.45) is 5.92 Å². The Kier molecular flexibility index (Phi) is 6.11. The van der Waals surface area contributed by atoms with Gasteiger partial charge in [0.15, 0.2) is 0 Å². The molecule has 1 aromatic carbocycles. The van der Waals surface area contributed by atoms with E-state index < -0.39 is 10.0 Å². The van der Waals surface area contributed by atoms with Gasteiger partial charge in [-0.3, -0.25) is 9.10 Å². The molecular weight excluding hydrogens is 352 g/mol. The Morgan fingerprint density at radius 3 is 2.62 bits per heavy atom. The zero-order valence-corrected chi connectivity index (χ0v) is 15.4. The number of carbonyl (C=O) groups is 1. The summed E-state index contributed by atoms with van der Waals surface area (Å²) in [6.07, 6.45) is 1.45. The molecule has 134 valence electrons. The van der Waals surface area contributed by atoms with Gasteiger partial charge in [0.2, 0.25) is 10.0 Å². The third kappa shape index (κ3) is 4.20. The van der Waals surface area contributed by atoms with Crippen LogP contribution in [0.4, 0.5) is 5.69 Å².